The zero-order valence-corrected chi connectivity index (χ0v) is 53.2. The summed E-state index contributed by atoms with van der Waals surface area (Å²) in [6.45, 7) is 6.66. The summed E-state index contributed by atoms with van der Waals surface area (Å²) in [5.41, 5.74) is 0. The third-order valence-corrected chi connectivity index (χ3v) is 15.8. The van der Waals surface area contributed by atoms with Gasteiger partial charge in [-0.25, -0.2) is 0 Å². The summed E-state index contributed by atoms with van der Waals surface area (Å²) in [6, 6.07) is 0. The largest absolute Gasteiger partial charge is 0.462 e. The van der Waals surface area contributed by atoms with Crippen LogP contribution in [0.5, 0.6) is 0 Å². The SMILES string of the molecule is CCCCCCC/C=C\C/C=C\CCCCCCCCCCCCCCCCCCCC(=O)OCC(COC(=O)CCCCCCCCCCC)OC(=O)CCCCCCCCCCCCC/C=C\C/C=C\CCCCCCC. The summed E-state index contributed by atoms with van der Waals surface area (Å²) in [7, 11) is 0. The molecule has 0 rings (SSSR count). The van der Waals surface area contributed by atoms with Gasteiger partial charge in [-0.3, -0.25) is 14.4 Å². The maximum absolute atomic E-state index is 12.9. The maximum Gasteiger partial charge on any atom is 0.306 e. The molecule has 0 bridgehead atoms. The zero-order chi connectivity index (χ0) is 57.1. The van der Waals surface area contributed by atoms with Crippen LogP contribution >= 0.6 is 0 Å². The minimum absolute atomic E-state index is 0.0690. The first-order valence-electron chi connectivity index (χ1n) is 35.1. The molecule has 1 unspecified atom stereocenters. The highest BCUT2D eigenvalue weighted by atomic mass is 16.6. The van der Waals surface area contributed by atoms with Crippen molar-refractivity contribution in [2.75, 3.05) is 13.2 Å². The molecule has 462 valence electrons. The van der Waals surface area contributed by atoms with Crippen molar-refractivity contribution in [3.63, 3.8) is 0 Å². The molecule has 79 heavy (non-hydrogen) atoms. The van der Waals surface area contributed by atoms with E-state index in [9.17, 15) is 14.4 Å². The second kappa shape index (κ2) is 67.9. The Bertz CT molecular complexity index is 1360. The molecule has 0 fully saturated rings. The van der Waals surface area contributed by atoms with Crippen LogP contribution in [0.2, 0.25) is 0 Å². The Morgan fingerprint density at radius 1 is 0.253 bits per heavy atom. The summed E-state index contributed by atoms with van der Waals surface area (Å²) < 4.78 is 16.9. The number of unbranched alkanes of at least 4 members (excludes halogenated alkanes) is 46. The average molecular weight is 1110 g/mol. The molecular weight excluding hydrogens is 973 g/mol. The van der Waals surface area contributed by atoms with Gasteiger partial charge >= 0.3 is 17.9 Å². The van der Waals surface area contributed by atoms with Gasteiger partial charge in [-0.1, -0.05) is 326 Å². The Morgan fingerprint density at radius 2 is 0.456 bits per heavy atom. The quantitative estimate of drug-likeness (QED) is 0.0261. The van der Waals surface area contributed by atoms with Crippen LogP contribution in [0.1, 0.15) is 380 Å². The van der Waals surface area contributed by atoms with Gasteiger partial charge < -0.3 is 14.2 Å². The predicted molar refractivity (Wildman–Crippen MR) is 344 cm³/mol. The highest BCUT2D eigenvalue weighted by Gasteiger charge is 2.19. The van der Waals surface area contributed by atoms with E-state index in [-0.39, 0.29) is 31.1 Å². The van der Waals surface area contributed by atoms with Crippen molar-refractivity contribution < 1.29 is 28.6 Å². The van der Waals surface area contributed by atoms with Crippen molar-refractivity contribution in [3.8, 4) is 0 Å². The molecule has 0 amide bonds. The lowest BCUT2D eigenvalue weighted by Crippen LogP contribution is -2.30. The van der Waals surface area contributed by atoms with Gasteiger partial charge in [0, 0.05) is 19.3 Å². The van der Waals surface area contributed by atoms with Crippen LogP contribution in [0.15, 0.2) is 48.6 Å². The van der Waals surface area contributed by atoms with Gasteiger partial charge in [0.25, 0.3) is 0 Å². The van der Waals surface area contributed by atoms with Gasteiger partial charge in [0.15, 0.2) is 6.10 Å². The number of carbonyl (C=O) groups excluding carboxylic acids is 3. The molecular formula is C73H134O6. The molecule has 0 aliphatic heterocycles. The second-order valence-corrected chi connectivity index (χ2v) is 23.8. The first-order valence-corrected chi connectivity index (χ1v) is 35.1. The van der Waals surface area contributed by atoms with E-state index in [1.165, 1.54) is 270 Å². The summed E-state index contributed by atoms with van der Waals surface area (Å²) in [6.07, 6.45) is 85.8. The molecule has 0 saturated carbocycles. The number of allylic oxidation sites excluding steroid dienone is 8. The van der Waals surface area contributed by atoms with Crippen LogP contribution in [-0.2, 0) is 28.6 Å². The lowest BCUT2D eigenvalue weighted by molar-refractivity contribution is -0.167. The van der Waals surface area contributed by atoms with Crippen LogP contribution in [0.4, 0.5) is 0 Å². The molecule has 0 heterocycles. The van der Waals surface area contributed by atoms with Gasteiger partial charge in [0.05, 0.1) is 0 Å². The van der Waals surface area contributed by atoms with Gasteiger partial charge in [-0.05, 0) is 83.5 Å². The lowest BCUT2D eigenvalue weighted by atomic mass is 10.0. The lowest BCUT2D eigenvalue weighted by Gasteiger charge is -2.18. The number of rotatable bonds is 65. The van der Waals surface area contributed by atoms with Gasteiger partial charge in [-0.2, -0.15) is 0 Å². The summed E-state index contributed by atoms with van der Waals surface area (Å²) in [5, 5.41) is 0. The average Bonchev–Trinajstić information content (AvgIpc) is 3.45. The Kier molecular flexibility index (Phi) is 65.6. The summed E-state index contributed by atoms with van der Waals surface area (Å²) >= 11 is 0. The highest BCUT2D eigenvalue weighted by molar-refractivity contribution is 5.71. The minimum atomic E-state index is -0.771. The van der Waals surface area contributed by atoms with E-state index in [2.05, 4.69) is 69.4 Å². The van der Waals surface area contributed by atoms with Gasteiger partial charge in [-0.15, -0.1) is 0 Å². The molecule has 6 heteroatoms. The van der Waals surface area contributed by atoms with E-state index >= 15 is 0 Å². The molecule has 1 atom stereocenters. The standard InChI is InChI=1S/C73H134O6/c1-4-7-10-13-16-19-21-23-25-27-29-31-33-34-35-36-37-38-40-41-43-45-47-49-51-54-57-60-63-66-72(75)78-69-70(68-77-71(74)65-62-59-56-53-18-15-12-9-6-3)79-73(76)67-64-61-58-55-52-50-48-46-44-42-39-32-30-28-26-24-22-20-17-14-11-8-5-2/h21-24,27-30,70H,4-20,25-26,31-69H2,1-3H3/b23-21-,24-22-,29-27-,30-28-. The number of hydrogen-bond donors (Lipinski definition) is 0. The third-order valence-electron chi connectivity index (χ3n) is 15.8. The van der Waals surface area contributed by atoms with Crippen LogP contribution in [0, 0.1) is 0 Å². The minimum Gasteiger partial charge on any atom is -0.462 e. The summed E-state index contributed by atoms with van der Waals surface area (Å²) in [5.74, 6) is -0.850. The van der Waals surface area contributed by atoms with E-state index in [1.807, 2.05) is 0 Å². The Morgan fingerprint density at radius 3 is 0.696 bits per heavy atom. The molecule has 0 aliphatic rings. The number of carbonyl (C=O) groups is 3. The normalized spacial score (nSPS) is 12.3. The first kappa shape index (κ1) is 76.4. The van der Waals surface area contributed by atoms with Crippen molar-refractivity contribution in [1.29, 1.82) is 0 Å². The molecule has 0 saturated heterocycles. The molecule has 0 spiro atoms. The van der Waals surface area contributed by atoms with E-state index in [1.54, 1.807) is 0 Å². The monoisotopic (exact) mass is 1110 g/mol. The van der Waals surface area contributed by atoms with Crippen molar-refractivity contribution in [1.82, 2.24) is 0 Å². The number of esters is 3. The second-order valence-electron chi connectivity index (χ2n) is 23.8. The molecule has 0 radical (unpaired) electrons. The molecule has 0 aliphatic carbocycles. The third kappa shape index (κ3) is 66.1. The van der Waals surface area contributed by atoms with Crippen molar-refractivity contribution in [2.45, 2.75) is 386 Å². The Balaban J connectivity index is 4.11. The van der Waals surface area contributed by atoms with Crippen molar-refractivity contribution >= 4 is 17.9 Å². The van der Waals surface area contributed by atoms with E-state index < -0.39 is 6.10 Å². The molecule has 0 aromatic carbocycles. The van der Waals surface area contributed by atoms with E-state index in [4.69, 9.17) is 14.2 Å². The fraction of sp³-hybridized carbons (Fsp3) is 0.849. The summed E-state index contributed by atoms with van der Waals surface area (Å²) in [4.78, 5) is 38.3. The van der Waals surface area contributed by atoms with Crippen molar-refractivity contribution in [3.05, 3.63) is 48.6 Å². The van der Waals surface area contributed by atoms with Crippen LogP contribution in [-0.4, -0.2) is 37.2 Å². The Hall–Kier alpha value is -2.63. The maximum atomic E-state index is 12.9. The number of hydrogen-bond acceptors (Lipinski definition) is 6. The van der Waals surface area contributed by atoms with E-state index in [0.717, 1.165) is 70.6 Å². The smallest absolute Gasteiger partial charge is 0.306 e. The molecule has 0 N–H and O–H groups in total. The van der Waals surface area contributed by atoms with Crippen LogP contribution in [0.3, 0.4) is 0 Å². The Labute approximate surface area is 492 Å². The first-order chi connectivity index (χ1) is 39.0. The van der Waals surface area contributed by atoms with E-state index in [0.29, 0.717) is 19.3 Å². The topological polar surface area (TPSA) is 78.9 Å². The fourth-order valence-electron chi connectivity index (χ4n) is 10.5. The van der Waals surface area contributed by atoms with Crippen LogP contribution < -0.4 is 0 Å². The molecule has 0 aromatic heterocycles. The van der Waals surface area contributed by atoms with Gasteiger partial charge in [0.2, 0.25) is 0 Å². The highest BCUT2D eigenvalue weighted by Crippen LogP contribution is 2.18. The fourth-order valence-corrected chi connectivity index (χ4v) is 10.5. The predicted octanol–water partition coefficient (Wildman–Crippen LogP) is 24.1. The van der Waals surface area contributed by atoms with Crippen molar-refractivity contribution in [2.24, 2.45) is 0 Å². The molecule has 0 aromatic rings. The zero-order valence-electron chi connectivity index (χ0n) is 53.2. The van der Waals surface area contributed by atoms with Crippen LogP contribution in [0.25, 0.3) is 0 Å². The molecule has 6 nitrogen and oxygen atoms in total. The number of ether oxygens (including phenoxy) is 3. The van der Waals surface area contributed by atoms with Gasteiger partial charge in [0.1, 0.15) is 13.2 Å².